The molecule has 0 radical (unpaired) electrons. The van der Waals surface area contributed by atoms with E-state index in [-0.39, 0.29) is 17.0 Å². The van der Waals surface area contributed by atoms with Gasteiger partial charge in [0.15, 0.2) is 4.80 Å². The predicted octanol–water partition coefficient (Wildman–Crippen LogP) is 5.16. The fourth-order valence-electron chi connectivity index (χ4n) is 2.79. The van der Waals surface area contributed by atoms with Crippen molar-refractivity contribution in [3.05, 3.63) is 44.7 Å². The molecule has 2 aromatic rings. The summed E-state index contributed by atoms with van der Waals surface area (Å²) in [6.07, 6.45) is 1.48. The molecule has 176 valence electrons. The van der Waals surface area contributed by atoms with E-state index in [4.69, 9.17) is 21.1 Å². The maximum absolute atomic E-state index is 13.0. The highest BCUT2D eigenvalue weighted by Gasteiger charge is 2.21. The van der Waals surface area contributed by atoms with E-state index >= 15 is 0 Å². The van der Waals surface area contributed by atoms with Crippen LogP contribution in [0.15, 0.2) is 29.4 Å². The minimum absolute atomic E-state index is 0.126. The van der Waals surface area contributed by atoms with E-state index in [1.54, 1.807) is 18.2 Å². The molecule has 0 saturated carbocycles. The van der Waals surface area contributed by atoms with Gasteiger partial charge in [-0.3, -0.25) is 4.79 Å². The normalized spacial score (nSPS) is 13.6. The molecule has 7 nitrogen and oxygen atoms in total. The van der Waals surface area contributed by atoms with Crippen LogP contribution in [0.25, 0.3) is 0 Å². The summed E-state index contributed by atoms with van der Waals surface area (Å²) >= 11 is 7.51. The summed E-state index contributed by atoms with van der Waals surface area (Å²) in [7, 11) is 1.49. The lowest BCUT2D eigenvalue weighted by Crippen LogP contribution is -2.40. The molecule has 0 aliphatic rings. The maximum Gasteiger partial charge on any atom is 0.407 e. The van der Waals surface area contributed by atoms with Crippen LogP contribution in [0, 0.1) is 0 Å². The first-order valence-electron chi connectivity index (χ1n) is 10.3. The smallest absolute Gasteiger partial charge is 0.407 e. The quantitative estimate of drug-likeness (QED) is 0.639. The lowest BCUT2D eigenvalue weighted by Gasteiger charge is -2.22. The zero-order valence-electron chi connectivity index (χ0n) is 19.9. The molecule has 2 rings (SSSR count). The molecule has 32 heavy (non-hydrogen) atoms. The molecule has 1 N–H and O–H groups in total. The van der Waals surface area contributed by atoms with Crippen molar-refractivity contribution in [1.29, 1.82) is 0 Å². The number of methoxy groups -OCH3 is 1. The maximum atomic E-state index is 13.0. The number of carbonyl (C=O) groups is 2. The Morgan fingerprint density at radius 1 is 1.22 bits per heavy atom. The molecule has 0 aliphatic carbocycles. The molecule has 0 bridgehead atoms. The monoisotopic (exact) mass is 481 g/mol. The van der Waals surface area contributed by atoms with Crippen LogP contribution < -0.4 is 14.9 Å². The third-order valence-electron chi connectivity index (χ3n) is 4.28. The van der Waals surface area contributed by atoms with Crippen molar-refractivity contribution in [2.45, 2.75) is 72.1 Å². The summed E-state index contributed by atoms with van der Waals surface area (Å²) < 4.78 is 12.5. The average Bonchev–Trinajstić information content (AvgIpc) is 3.02. The zero-order valence-corrected chi connectivity index (χ0v) is 21.5. The van der Waals surface area contributed by atoms with Gasteiger partial charge in [-0.2, -0.15) is 4.99 Å². The molecule has 2 amide bonds. The molecule has 0 fully saturated rings. The Hall–Kier alpha value is -2.32. The third-order valence-corrected chi connectivity index (χ3v) is 5.96. The van der Waals surface area contributed by atoms with Crippen molar-refractivity contribution < 1.29 is 19.1 Å². The van der Waals surface area contributed by atoms with Crippen LogP contribution in [-0.4, -0.2) is 35.3 Å². The van der Waals surface area contributed by atoms with Crippen molar-refractivity contribution in [1.82, 2.24) is 9.88 Å². The molecule has 0 aliphatic heterocycles. The van der Waals surface area contributed by atoms with Gasteiger partial charge in [0.2, 0.25) is 0 Å². The van der Waals surface area contributed by atoms with Crippen molar-refractivity contribution in [2.24, 2.45) is 4.99 Å². The van der Waals surface area contributed by atoms with E-state index in [2.05, 4.69) is 31.1 Å². The summed E-state index contributed by atoms with van der Waals surface area (Å²) in [5, 5.41) is 3.25. The van der Waals surface area contributed by atoms with Crippen LogP contribution in [-0.2, 0) is 16.7 Å². The van der Waals surface area contributed by atoms with E-state index < -0.39 is 17.6 Å². The van der Waals surface area contributed by atoms with E-state index in [0.717, 1.165) is 4.88 Å². The van der Waals surface area contributed by atoms with E-state index in [1.165, 1.54) is 18.4 Å². The summed E-state index contributed by atoms with van der Waals surface area (Å²) in [6, 6.07) is 4.59. The number of aromatic nitrogens is 1. The van der Waals surface area contributed by atoms with Gasteiger partial charge in [0.1, 0.15) is 11.4 Å². The minimum atomic E-state index is -0.582. The van der Waals surface area contributed by atoms with Gasteiger partial charge in [-0.15, -0.1) is 11.3 Å². The van der Waals surface area contributed by atoms with Crippen molar-refractivity contribution in [3.8, 4) is 5.75 Å². The minimum Gasteiger partial charge on any atom is -0.496 e. The molecule has 0 saturated heterocycles. The molecule has 0 spiro atoms. The SMILES string of the molecule is COc1ccc(Cl)cc1C(=O)/N=c1\sc(C(C)(C)C)cn1C[C@@H](C)NC(=O)OC(C)(C)C. The molecular formula is C23H32ClN3O4S. The van der Waals surface area contributed by atoms with Gasteiger partial charge in [-0.1, -0.05) is 32.4 Å². The van der Waals surface area contributed by atoms with Gasteiger partial charge in [-0.05, 0) is 51.3 Å². The van der Waals surface area contributed by atoms with Crippen LogP contribution in [0.5, 0.6) is 5.75 Å². The second-order valence-corrected chi connectivity index (χ2v) is 11.0. The number of halogens is 1. The fraction of sp³-hybridized carbons (Fsp3) is 0.522. The number of nitrogens with one attached hydrogen (secondary N) is 1. The van der Waals surface area contributed by atoms with Crippen molar-refractivity contribution in [2.75, 3.05) is 7.11 Å². The molecule has 1 aromatic heterocycles. The number of carbonyl (C=O) groups excluding carboxylic acids is 2. The summed E-state index contributed by atoms with van der Waals surface area (Å²) in [6.45, 7) is 14.0. The Kier molecular flexibility index (Phi) is 8.17. The fourth-order valence-corrected chi connectivity index (χ4v) is 4.02. The summed E-state index contributed by atoms with van der Waals surface area (Å²) in [5.41, 5.74) is -0.419. The standard InChI is InChI=1S/C23H32ClN3O4S/c1-14(25-21(29)31-23(5,6)7)12-27-13-18(22(2,3)4)32-20(27)26-19(28)16-11-15(24)9-10-17(16)30-8/h9-11,13-14H,12H2,1-8H3,(H,25,29)/b26-20-/t14-/m1/s1. The molecule has 1 atom stereocenters. The number of rotatable bonds is 5. The van der Waals surface area contributed by atoms with Crippen LogP contribution in [0.2, 0.25) is 5.02 Å². The first-order valence-corrected chi connectivity index (χ1v) is 11.5. The second-order valence-electron chi connectivity index (χ2n) is 9.59. The highest BCUT2D eigenvalue weighted by Crippen LogP contribution is 2.26. The summed E-state index contributed by atoms with van der Waals surface area (Å²) in [4.78, 5) is 31.1. The highest BCUT2D eigenvalue weighted by atomic mass is 35.5. The Morgan fingerprint density at radius 2 is 1.88 bits per heavy atom. The number of alkyl carbamates (subject to hydrolysis) is 1. The molecule has 9 heteroatoms. The molecule has 1 heterocycles. The highest BCUT2D eigenvalue weighted by molar-refractivity contribution is 7.09. The van der Waals surface area contributed by atoms with Gasteiger partial charge in [0, 0.05) is 28.7 Å². The van der Waals surface area contributed by atoms with Crippen LogP contribution in [0.3, 0.4) is 0 Å². The van der Waals surface area contributed by atoms with Gasteiger partial charge >= 0.3 is 6.09 Å². The Morgan fingerprint density at radius 3 is 2.44 bits per heavy atom. The van der Waals surface area contributed by atoms with Gasteiger partial charge in [-0.25, -0.2) is 4.79 Å². The Bertz CT molecular complexity index is 1040. The number of amides is 2. The zero-order chi connectivity index (χ0) is 24.3. The van der Waals surface area contributed by atoms with E-state index in [1.807, 2.05) is 38.5 Å². The molecular weight excluding hydrogens is 450 g/mol. The van der Waals surface area contributed by atoms with Crippen LogP contribution in [0.4, 0.5) is 4.79 Å². The predicted molar refractivity (Wildman–Crippen MR) is 128 cm³/mol. The molecule has 0 unspecified atom stereocenters. The summed E-state index contributed by atoms with van der Waals surface area (Å²) in [5.74, 6) is -0.0459. The van der Waals surface area contributed by atoms with Gasteiger partial charge in [0.05, 0.1) is 12.7 Å². The average molecular weight is 482 g/mol. The lowest BCUT2D eigenvalue weighted by molar-refractivity contribution is 0.0503. The lowest BCUT2D eigenvalue weighted by atomic mass is 9.95. The van der Waals surface area contributed by atoms with Crippen LogP contribution in [0.1, 0.15) is 63.7 Å². The van der Waals surface area contributed by atoms with Crippen LogP contribution >= 0.6 is 22.9 Å². The number of hydrogen-bond donors (Lipinski definition) is 1. The number of ether oxygens (including phenoxy) is 2. The van der Waals surface area contributed by atoms with Gasteiger partial charge < -0.3 is 19.4 Å². The Labute approximate surface area is 198 Å². The topological polar surface area (TPSA) is 81.9 Å². The van der Waals surface area contributed by atoms with Crippen molar-refractivity contribution in [3.63, 3.8) is 0 Å². The number of nitrogens with zero attached hydrogens (tertiary/aromatic N) is 2. The largest absolute Gasteiger partial charge is 0.496 e. The first-order chi connectivity index (χ1) is 14.7. The van der Waals surface area contributed by atoms with Gasteiger partial charge in [0.25, 0.3) is 5.91 Å². The first kappa shape index (κ1) is 25.9. The Balaban J connectivity index is 2.39. The van der Waals surface area contributed by atoms with Crippen molar-refractivity contribution >= 4 is 34.9 Å². The number of hydrogen-bond acceptors (Lipinski definition) is 5. The second kappa shape index (κ2) is 10.1. The number of benzene rings is 1. The number of thiazole rings is 1. The molecule has 1 aromatic carbocycles. The third kappa shape index (κ3) is 7.38. The van der Waals surface area contributed by atoms with E-state index in [0.29, 0.717) is 22.1 Å². The van der Waals surface area contributed by atoms with E-state index in [9.17, 15) is 9.59 Å².